The molecule has 0 saturated heterocycles. The Morgan fingerprint density at radius 1 is 0.936 bits per heavy atom. The van der Waals surface area contributed by atoms with E-state index in [4.69, 9.17) is 24.0 Å². The highest BCUT2D eigenvalue weighted by Gasteiger charge is 2.34. The van der Waals surface area contributed by atoms with Crippen molar-refractivity contribution in [2.24, 2.45) is 4.99 Å². The summed E-state index contributed by atoms with van der Waals surface area (Å²) < 4.78 is 24.9. The van der Waals surface area contributed by atoms with Crippen LogP contribution in [0.4, 0.5) is 0 Å². The topological polar surface area (TPSA) is 123 Å². The van der Waals surface area contributed by atoms with Gasteiger partial charge in [-0.1, -0.05) is 35.6 Å². The van der Waals surface area contributed by atoms with Gasteiger partial charge in [0.25, 0.3) is 5.56 Å². The van der Waals surface area contributed by atoms with Crippen molar-refractivity contribution >= 4 is 29.4 Å². The van der Waals surface area contributed by atoms with Crippen LogP contribution in [-0.4, -0.2) is 47.6 Å². The first kappa shape index (κ1) is 31.2. The highest BCUT2D eigenvalue weighted by atomic mass is 32.1. The molecule has 2 aromatic heterocycles. The molecule has 0 bridgehead atoms. The van der Waals surface area contributed by atoms with Crippen molar-refractivity contribution in [2.75, 3.05) is 21.3 Å². The molecule has 6 rings (SSSR count). The Labute approximate surface area is 273 Å². The molecule has 5 aromatic rings. The number of esters is 2. The van der Waals surface area contributed by atoms with Crippen LogP contribution in [0.1, 0.15) is 31.0 Å². The van der Waals surface area contributed by atoms with E-state index in [1.165, 1.54) is 37.0 Å². The van der Waals surface area contributed by atoms with Crippen molar-refractivity contribution in [3.8, 4) is 34.2 Å². The number of nitrogens with zero attached hydrogens (tertiary/aromatic N) is 4. The Morgan fingerprint density at radius 2 is 1.68 bits per heavy atom. The van der Waals surface area contributed by atoms with Gasteiger partial charge in [0.2, 0.25) is 0 Å². The summed E-state index contributed by atoms with van der Waals surface area (Å²) in [6.07, 6.45) is 3.66. The van der Waals surface area contributed by atoms with E-state index >= 15 is 0 Å². The first-order valence-corrected chi connectivity index (χ1v) is 15.3. The minimum atomic E-state index is -0.894. The van der Waals surface area contributed by atoms with Gasteiger partial charge in [0, 0.05) is 24.2 Å². The molecule has 11 nitrogen and oxygen atoms in total. The lowest BCUT2D eigenvalue weighted by Gasteiger charge is -2.25. The minimum Gasteiger partial charge on any atom is -0.497 e. The normalized spacial score (nSPS) is 14.3. The van der Waals surface area contributed by atoms with Crippen molar-refractivity contribution in [2.45, 2.75) is 19.9 Å². The van der Waals surface area contributed by atoms with Gasteiger partial charge in [0.05, 0.1) is 48.9 Å². The second-order valence-electron chi connectivity index (χ2n) is 10.5. The number of rotatable bonds is 8. The van der Waals surface area contributed by atoms with Crippen molar-refractivity contribution in [3.63, 3.8) is 0 Å². The van der Waals surface area contributed by atoms with Crippen molar-refractivity contribution in [1.82, 2.24) is 14.3 Å². The summed E-state index contributed by atoms with van der Waals surface area (Å²) in [5.41, 5.74) is 3.85. The summed E-state index contributed by atoms with van der Waals surface area (Å²) in [6, 6.07) is 21.2. The highest BCUT2D eigenvalue weighted by Crippen LogP contribution is 2.36. The van der Waals surface area contributed by atoms with Crippen molar-refractivity contribution in [3.05, 3.63) is 121 Å². The number of hydrogen-bond acceptors (Lipinski definition) is 10. The van der Waals surface area contributed by atoms with Gasteiger partial charge in [-0.05, 0) is 67.1 Å². The van der Waals surface area contributed by atoms with Crippen LogP contribution in [0.25, 0.3) is 23.0 Å². The Morgan fingerprint density at radius 3 is 2.34 bits per heavy atom. The summed E-state index contributed by atoms with van der Waals surface area (Å²) in [5, 5.41) is 4.88. The Hall–Kier alpha value is -5.75. The average Bonchev–Trinajstić information content (AvgIpc) is 3.64. The number of para-hydroxylation sites is 1. The number of allylic oxidation sites excluding steroid dienone is 1. The number of thiazole rings is 1. The molecule has 47 heavy (non-hydrogen) atoms. The molecule has 1 atom stereocenters. The molecular weight excluding hydrogens is 620 g/mol. The zero-order valence-electron chi connectivity index (χ0n) is 26.2. The van der Waals surface area contributed by atoms with E-state index < -0.39 is 18.0 Å². The SMILES string of the molecule is COC(=O)C1=C(C)N=c2s/c(=C/c3cn(-c4ccccc4)nc3-c3ccc(OC)cc3)c(=O)n2[C@@H]1c1ccc(OC(C)=O)c(OC)c1. The van der Waals surface area contributed by atoms with Gasteiger partial charge in [0.15, 0.2) is 16.3 Å². The molecule has 0 spiro atoms. The summed E-state index contributed by atoms with van der Waals surface area (Å²) in [6.45, 7) is 2.99. The van der Waals surface area contributed by atoms with Gasteiger partial charge >= 0.3 is 11.9 Å². The van der Waals surface area contributed by atoms with Gasteiger partial charge in [-0.25, -0.2) is 14.5 Å². The van der Waals surface area contributed by atoms with E-state index in [1.807, 2.05) is 60.8 Å². The molecule has 0 N–H and O–H groups in total. The second-order valence-corrected chi connectivity index (χ2v) is 11.5. The highest BCUT2D eigenvalue weighted by molar-refractivity contribution is 7.07. The Kier molecular flexibility index (Phi) is 8.59. The van der Waals surface area contributed by atoms with Gasteiger partial charge in [0.1, 0.15) is 11.4 Å². The fourth-order valence-electron chi connectivity index (χ4n) is 5.42. The third-order valence-corrected chi connectivity index (χ3v) is 8.58. The van der Waals surface area contributed by atoms with Crippen LogP contribution in [0.2, 0.25) is 0 Å². The third-order valence-electron chi connectivity index (χ3n) is 7.60. The number of methoxy groups -OCH3 is 3. The van der Waals surface area contributed by atoms with Crippen LogP contribution in [0, 0.1) is 0 Å². The maximum Gasteiger partial charge on any atom is 0.338 e. The Bertz CT molecular complexity index is 2210. The number of hydrogen-bond donors (Lipinski definition) is 0. The van der Waals surface area contributed by atoms with E-state index in [1.54, 1.807) is 43.0 Å². The van der Waals surface area contributed by atoms with Crippen LogP contribution < -0.4 is 29.1 Å². The van der Waals surface area contributed by atoms with Gasteiger partial charge < -0.3 is 18.9 Å². The maximum atomic E-state index is 14.3. The average molecular weight is 651 g/mol. The molecule has 1 aliphatic heterocycles. The van der Waals surface area contributed by atoms with E-state index in [0.717, 1.165) is 11.3 Å². The van der Waals surface area contributed by atoms with Crippen molar-refractivity contribution < 1.29 is 28.5 Å². The summed E-state index contributed by atoms with van der Waals surface area (Å²) in [5.74, 6) is 0.0358. The molecule has 238 valence electrons. The zero-order chi connectivity index (χ0) is 33.2. The van der Waals surface area contributed by atoms with Crippen LogP contribution in [0.15, 0.2) is 100 Å². The van der Waals surface area contributed by atoms with E-state index in [-0.39, 0.29) is 22.6 Å². The lowest BCUT2D eigenvalue weighted by Crippen LogP contribution is -2.39. The van der Waals surface area contributed by atoms with Crippen LogP contribution in [0.5, 0.6) is 17.2 Å². The summed E-state index contributed by atoms with van der Waals surface area (Å²) in [4.78, 5) is 44.2. The molecule has 3 aromatic carbocycles. The molecular formula is C35H30N4O7S. The number of fused-ring (bicyclic) bond motifs is 1. The molecule has 1 aliphatic rings. The molecule has 0 fully saturated rings. The smallest absolute Gasteiger partial charge is 0.338 e. The predicted molar refractivity (Wildman–Crippen MR) is 176 cm³/mol. The molecule has 12 heteroatoms. The molecule has 0 saturated carbocycles. The second kappa shape index (κ2) is 12.9. The largest absolute Gasteiger partial charge is 0.497 e. The lowest BCUT2D eigenvalue weighted by atomic mass is 9.95. The number of carbonyl (C=O) groups is 2. The fraction of sp³-hybridized carbons (Fsp3) is 0.171. The molecule has 0 amide bonds. The minimum absolute atomic E-state index is 0.199. The van der Waals surface area contributed by atoms with Crippen LogP contribution in [0.3, 0.4) is 0 Å². The number of ether oxygens (including phenoxy) is 4. The summed E-state index contributed by atoms with van der Waals surface area (Å²) in [7, 11) is 4.32. The fourth-order valence-corrected chi connectivity index (χ4v) is 6.46. The van der Waals surface area contributed by atoms with Gasteiger partial charge in [-0.3, -0.25) is 14.2 Å². The first-order valence-electron chi connectivity index (χ1n) is 14.5. The standard InChI is InChI=1S/C35H30N4O7S/c1-20-30(34(42)45-5)32(23-13-16-27(46-21(2)40)28(17-23)44-4)39-33(41)29(47-35(39)36-20)18-24-19-38(25-9-7-6-8-10-25)37-31(24)22-11-14-26(43-3)15-12-22/h6-19,32H,1-5H3/b29-18+/t32-/m1/s1. The maximum absolute atomic E-state index is 14.3. The quantitative estimate of drug-likeness (QED) is 0.181. The molecule has 0 aliphatic carbocycles. The van der Waals surface area contributed by atoms with Crippen molar-refractivity contribution in [1.29, 1.82) is 0 Å². The van der Waals surface area contributed by atoms with Gasteiger partial charge in [-0.15, -0.1) is 0 Å². The summed E-state index contributed by atoms with van der Waals surface area (Å²) >= 11 is 1.20. The van der Waals surface area contributed by atoms with E-state index in [9.17, 15) is 14.4 Å². The van der Waals surface area contributed by atoms with E-state index in [0.29, 0.717) is 37.6 Å². The van der Waals surface area contributed by atoms with Crippen LogP contribution >= 0.6 is 11.3 Å². The Balaban J connectivity index is 1.55. The number of carbonyl (C=O) groups excluding carboxylic acids is 2. The monoisotopic (exact) mass is 650 g/mol. The third kappa shape index (κ3) is 5.98. The van der Waals surface area contributed by atoms with E-state index in [2.05, 4.69) is 4.99 Å². The van der Waals surface area contributed by atoms with Crippen LogP contribution in [-0.2, 0) is 14.3 Å². The lowest BCUT2D eigenvalue weighted by molar-refractivity contribution is -0.136. The molecule has 0 radical (unpaired) electrons. The molecule has 3 heterocycles. The van der Waals surface area contributed by atoms with Gasteiger partial charge in [-0.2, -0.15) is 5.10 Å². The predicted octanol–water partition coefficient (Wildman–Crippen LogP) is 4.20. The number of benzene rings is 3. The molecule has 0 unspecified atom stereocenters. The number of aromatic nitrogens is 3. The first-order chi connectivity index (χ1) is 22.7. The zero-order valence-corrected chi connectivity index (χ0v) is 27.0.